The summed E-state index contributed by atoms with van der Waals surface area (Å²) in [5.41, 5.74) is 5.07. The second-order valence-corrected chi connectivity index (χ2v) is 8.44. The number of anilines is 1. The van der Waals surface area contributed by atoms with Gasteiger partial charge < -0.3 is 25.0 Å². The number of carboxylic acid groups (broad SMARTS) is 1. The molecule has 0 saturated carbocycles. The van der Waals surface area contributed by atoms with E-state index < -0.39 is 6.16 Å². The number of aromatic nitrogens is 2. The van der Waals surface area contributed by atoms with Crippen molar-refractivity contribution in [2.24, 2.45) is 0 Å². The van der Waals surface area contributed by atoms with Crippen LogP contribution in [0.3, 0.4) is 0 Å². The Morgan fingerprint density at radius 3 is 2.50 bits per heavy atom. The number of aryl methyl sites for hydroxylation is 1. The van der Waals surface area contributed by atoms with Crippen LogP contribution in [-0.4, -0.2) is 33.4 Å². The molecule has 0 atom stereocenters. The Bertz CT molecular complexity index is 1360. The fraction of sp³-hybridized carbons (Fsp3) is 0.250. The number of fused-ring (bicyclic) bond motifs is 1. The molecule has 1 heterocycles. The van der Waals surface area contributed by atoms with Gasteiger partial charge in [-0.2, -0.15) is 0 Å². The Hall–Kier alpha value is -4.33. The summed E-state index contributed by atoms with van der Waals surface area (Å²) in [4.78, 5) is 28.1. The molecular weight excluding hydrogens is 456 g/mol. The number of amides is 2. The number of rotatable bonds is 9. The molecule has 4 rings (SSSR count). The van der Waals surface area contributed by atoms with Crippen LogP contribution in [0.4, 0.5) is 15.3 Å². The minimum absolute atomic E-state index is 0.252. The standard InChI is InChI=1S/C28H30N4O4/c1-3-5-13-25-31-26-22(30-27(33)29-4-2)10-8-11-23(26)32(25)18-19-14-16-20(17-15-19)21-9-6-7-12-24(21)36-28(34)35/h6-12,14-17H,3-5,13,18H2,1-2H3,(H,34,35)(H2,29,30,33). The van der Waals surface area contributed by atoms with E-state index in [2.05, 4.69) is 22.1 Å². The number of nitrogens with one attached hydrogen (secondary N) is 2. The Morgan fingerprint density at radius 1 is 1.00 bits per heavy atom. The lowest BCUT2D eigenvalue weighted by Gasteiger charge is -2.12. The summed E-state index contributed by atoms with van der Waals surface area (Å²) in [5.74, 6) is 1.27. The van der Waals surface area contributed by atoms with E-state index in [1.807, 2.05) is 61.5 Å². The fourth-order valence-electron chi connectivity index (χ4n) is 4.19. The highest BCUT2D eigenvalue weighted by Gasteiger charge is 2.16. The summed E-state index contributed by atoms with van der Waals surface area (Å²) in [6, 6.07) is 20.6. The van der Waals surface area contributed by atoms with Crippen molar-refractivity contribution in [1.29, 1.82) is 0 Å². The largest absolute Gasteiger partial charge is 0.511 e. The van der Waals surface area contributed by atoms with Gasteiger partial charge in [-0.25, -0.2) is 14.6 Å². The summed E-state index contributed by atoms with van der Waals surface area (Å²) >= 11 is 0. The van der Waals surface area contributed by atoms with Crippen LogP contribution >= 0.6 is 0 Å². The highest BCUT2D eigenvalue weighted by Crippen LogP contribution is 2.31. The lowest BCUT2D eigenvalue weighted by Crippen LogP contribution is -2.28. The number of para-hydroxylation sites is 2. The van der Waals surface area contributed by atoms with Crippen LogP contribution in [0.2, 0.25) is 0 Å². The molecule has 0 aliphatic carbocycles. The molecule has 2 amide bonds. The minimum atomic E-state index is -1.34. The summed E-state index contributed by atoms with van der Waals surface area (Å²) in [6.07, 6.45) is 1.57. The number of carbonyl (C=O) groups excluding carboxylic acids is 1. The molecule has 0 saturated heterocycles. The molecule has 186 valence electrons. The third-order valence-corrected chi connectivity index (χ3v) is 5.89. The van der Waals surface area contributed by atoms with Crippen LogP contribution in [0.25, 0.3) is 22.2 Å². The number of urea groups is 1. The maximum absolute atomic E-state index is 12.1. The van der Waals surface area contributed by atoms with Crippen LogP contribution < -0.4 is 15.4 Å². The molecule has 0 fully saturated rings. The average Bonchev–Trinajstić information content (AvgIpc) is 3.21. The number of imidazole rings is 1. The number of carbonyl (C=O) groups is 2. The molecule has 8 heteroatoms. The lowest BCUT2D eigenvalue weighted by molar-refractivity contribution is 0.144. The van der Waals surface area contributed by atoms with E-state index in [1.54, 1.807) is 12.1 Å². The van der Waals surface area contributed by atoms with Gasteiger partial charge in [-0.15, -0.1) is 0 Å². The fourth-order valence-corrected chi connectivity index (χ4v) is 4.19. The van der Waals surface area contributed by atoms with E-state index in [-0.39, 0.29) is 6.03 Å². The molecule has 4 aromatic rings. The Kier molecular flexibility index (Phi) is 7.85. The van der Waals surface area contributed by atoms with Gasteiger partial charge >= 0.3 is 12.2 Å². The van der Waals surface area contributed by atoms with E-state index in [4.69, 9.17) is 14.8 Å². The molecule has 0 bridgehead atoms. The topological polar surface area (TPSA) is 105 Å². The molecule has 0 aliphatic rings. The maximum Gasteiger partial charge on any atom is 0.511 e. The number of hydrogen-bond acceptors (Lipinski definition) is 4. The number of unbranched alkanes of at least 4 members (excludes halogenated alkanes) is 1. The van der Waals surface area contributed by atoms with Crippen LogP contribution in [0, 0.1) is 0 Å². The van der Waals surface area contributed by atoms with Crippen molar-refractivity contribution in [2.45, 2.75) is 39.7 Å². The van der Waals surface area contributed by atoms with Crippen molar-refractivity contribution in [3.05, 3.63) is 78.1 Å². The molecule has 3 N–H and O–H groups in total. The van der Waals surface area contributed by atoms with Crippen LogP contribution in [0.5, 0.6) is 5.75 Å². The lowest BCUT2D eigenvalue weighted by atomic mass is 10.0. The molecule has 0 spiro atoms. The van der Waals surface area contributed by atoms with Gasteiger partial charge in [-0.05, 0) is 42.7 Å². The van der Waals surface area contributed by atoms with Crippen LogP contribution in [0.1, 0.15) is 38.1 Å². The maximum atomic E-state index is 12.1. The summed E-state index contributed by atoms with van der Waals surface area (Å²) < 4.78 is 7.14. The molecular formula is C28H30N4O4. The molecule has 0 aliphatic heterocycles. The van der Waals surface area contributed by atoms with Crippen LogP contribution in [-0.2, 0) is 13.0 Å². The van der Waals surface area contributed by atoms with E-state index in [0.29, 0.717) is 30.1 Å². The van der Waals surface area contributed by atoms with Gasteiger partial charge in [-0.1, -0.05) is 61.9 Å². The first kappa shape index (κ1) is 24.8. The first-order chi connectivity index (χ1) is 17.5. The molecule has 3 aromatic carbocycles. The first-order valence-electron chi connectivity index (χ1n) is 12.1. The van der Waals surface area contributed by atoms with Gasteiger partial charge in [0, 0.05) is 25.1 Å². The number of benzene rings is 3. The number of nitrogens with zero attached hydrogens (tertiary/aromatic N) is 2. The highest BCUT2D eigenvalue weighted by molar-refractivity contribution is 5.99. The average molecular weight is 487 g/mol. The Balaban J connectivity index is 1.66. The quantitative estimate of drug-likeness (QED) is 0.190. The van der Waals surface area contributed by atoms with Crippen molar-refractivity contribution >= 4 is 28.9 Å². The predicted molar refractivity (Wildman–Crippen MR) is 141 cm³/mol. The van der Waals surface area contributed by atoms with Gasteiger partial charge in [0.1, 0.15) is 17.1 Å². The SMILES string of the molecule is CCCCc1nc2c(NC(=O)NCC)cccc2n1Cc1ccc(-c2ccccc2OC(=O)O)cc1. The summed E-state index contributed by atoms with van der Waals surface area (Å²) in [5, 5.41) is 14.7. The molecule has 8 nitrogen and oxygen atoms in total. The predicted octanol–water partition coefficient (Wildman–Crippen LogP) is 6.29. The second kappa shape index (κ2) is 11.4. The molecule has 36 heavy (non-hydrogen) atoms. The van der Waals surface area contributed by atoms with Gasteiger partial charge in [0.05, 0.1) is 11.2 Å². The van der Waals surface area contributed by atoms with Gasteiger partial charge in [0.15, 0.2) is 0 Å². The van der Waals surface area contributed by atoms with Crippen molar-refractivity contribution in [2.75, 3.05) is 11.9 Å². The summed E-state index contributed by atoms with van der Waals surface area (Å²) in [7, 11) is 0. The number of hydrogen-bond donors (Lipinski definition) is 3. The van der Waals surface area contributed by atoms with E-state index in [9.17, 15) is 9.59 Å². The van der Waals surface area contributed by atoms with E-state index >= 15 is 0 Å². The monoisotopic (exact) mass is 486 g/mol. The Labute approximate surface area is 209 Å². The Morgan fingerprint density at radius 2 is 1.78 bits per heavy atom. The zero-order valence-electron chi connectivity index (χ0n) is 20.5. The second-order valence-electron chi connectivity index (χ2n) is 8.44. The number of ether oxygens (including phenoxy) is 1. The zero-order chi connectivity index (χ0) is 25.5. The third-order valence-electron chi connectivity index (χ3n) is 5.89. The molecule has 0 unspecified atom stereocenters. The van der Waals surface area contributed by atoms with Crippen molar-refractivity contribution in [3.63, 3.8) is 0 Å². The zero-order valence-corrected chi connectivity index (χ0v) is 20.5. The van der Waals surface area contributed by atoms with Gasteiger partial charge in [-0.3, -0.25) is 0 Å². The van der Waals surface area contributed by atoms with Crippen LogP contribution in [0.15, 0.2) is 66.7 Å². The van der Waals surface area contributed by atoms with Crippen molar-refractivity contribution in [1.82, 2.24) is 14.9 Å². The van der Waals surface area contributed by atoms with Gasteiger partial charge in [0.25, 0.3) is 0 Å². The van der Waals surface area contributed by atoms with E-state index in [0.717, 1.165) is 47.2 Å². The highest BCUT2D eigenvalue weighted by atomic mass is 16.7. The van der Waals surface area contributed by atoms with Gasteiger partial charge in [0.2, 0.25) is 0 Å². The molecule has 1 aromatic heterocycles. The smallest absolute Gasteiger partial charge is 0.449 e. The summed E-state index contributed by atoms with van der Waals surface area (Å²) in [6.45, 7) is 5.19. The van der Waals surface area contributed by atoms with Crippen molar-refractivity contribution in [3.8, 4) is 16.9 Å². The third kappa shape index (κ3) is 5.66. The minimum Gasteiger partial charge on any atom is -0.449 e. The van der Waals surface area contributed by atoms with E-state index in [1.165, 1.54) is 0 Å². The molecule has 0 radical (unpaired) electrons. The normalized spacial score (nSPS) is 10.8. The van der Waals surface area contributed by atoms with Crippen molar-refractivity contribution < 1.29 is 19.4 Å². The first-order valence-corrected chi connectivity index (χ1v) is 12.1.